The normalized spacial score (nSPS) is 20.6. The van der Waals surface area contributed by atoms with Gasteiger partial charge in [0.1, 0.15) is 11.6 Å². The Kier molecular flexibility index (Phi) is 5.69. The van der Waals surface area contributed by atoms with Gasteiger partial charge >= 0.3 is 12.1 Å². The van der Waals surface area contributed by atoms with Crippen LogP contribution in [0.2, 0.25) is 0 Å². The SMILES string of the molecule is CC(C)(C)OC(=O)NC(C(=O)O)C1CCC(=C(F)F)CC1. The minimum Gasteiger partial charge on any atom is -0.480 e. The van der Waals surface area contributed by atoms with E-state index in [0.717, 1.165) is 0 Å². The Morgan fingerprint density at radius 3 is 2.19 bits per heavy atom. The highest BCUT2D eigenvalue weighted by atomic mass is 19.3. The third kappa shape index (κ3) is 5.69. The quantitative estimate of drug-likeness (QED) is 0.839. The molecule has 0 radical (unpaired) electrons. The third-order valence-corrected chi connectivity index (χ3v) is 3.31. The lowest BCUT2D eigenvalue weighted by Crippen LogP contribution is -2.48. The van der Waals surface area contributed by atoms with Gasteiger partial charge in [-0.1, -0.05) is 0 Å². The van der Waals surface area contributed by atoms with E-state index in [1.54, 1.807) is 20.8 Å². The molecule has 0 aliphatic heterocycles. The molecule has 0 saturated heterocycles. The molecular weight excluding hydrogens is 284 g/mol. The van der Waals surface area contributed by atoms with Crippen LogP contribution in [0.4, 0.5) is 13.6 Å². The van der Waals surface area contributed by atoms with E-state index in [1.807, 2.05) is 0 Å². The highest BCUT2D eigenvalue weighted by Gasteiger charge is 2.33. The van der Waals surface area contributed by atoms with Crippen molar-refractivity contribution >= 4 is 12.1 Å². The lowest BCUT2D eigenvalue weighted by atomic mass is 9.81. The predicted molar refractivity (Wildman–Crippen MR) is 72.0 cm³/mol. The summed E-state index contributed by atoms with van der Waals surface area (Å²) in [5, 5.41) is 11.5. The molecule has 0 aromatic carbocycles. The van der Waals surface area contributed by atoms with Gasteiger partial charge in [-0.25, -0.2) is 9.59 Å². The van der Waals surface area contributed by atoms with Gasteiger partial charge in [-0.05, 0) is 57.9 Å². The largest absolute Gasteiger partial charge is 0.480 e. The number of hydrogen-bond acceptors (Lipinski definition) is 3. The summed E-state index contributed by atoms with van der Waals surface area (Å²) in [6.07, 6.45) is -1.56. The molecule has 1 aliphatic rings. The van der Waals surface area contributed by atoms with Gasteiger partial charge in [0.2, 0.25) is 0 Å². The number of carbonyl (C=O) groups excluding carboxylic acids is 1. The van der Waals surface area contributed by atoms with Gasteiger partial charge in [0.05, 0.1) is 0 Å². The Labute approximate surface area is 122 Å². The first-order valence-corrected chi connectivity index (χ1v) is 6.85. The number of rotatable bonds is 3. The van der Waals surface area contributed by atoms with Crippen LogP contribution in [-0.2, 0) is 9.53 Å². The second kappa shape index (κ2) is 6.87. The highest BCUT2D eigenvalue weighted by molar-refractivity contribution is 5.80. The number of carbonyl (C=O) groups is 2. The van der Waals surface area contributed by atoms with Crippen LogP contribution < -0.4 is 5.32 Å². The van der Waals surface area contributed by atoms with Crippen molar-refractivity contribution < 1.29 is 28.2 Å². The summed E-state index contributed by atoms with van der Waals surface area (Å²) in [4.78, 5) is 22.9. The summed E-state index contributed by atoms with van der Waals surface area (Å²) >= 11 is 0. The molecule has 0 spiro atoms. The van der Waals surface area contributed by atoms with Crippen molar-refractivity contribution in [1.82, 2.24) is 5.32 Å². The maximum absolute atomic E-state index is 12.5. The third-order valence-electron chi connectivity index (χ3n) is 3.31. The van der Waals surface area contributed by atoms with Gasteiger partial charge in [0.25, 0.3) is 6.08 Å². The first kappa shape index (κ1) is 17.4. The lowest BCUT2D eigenvalue weighted by Gasteiger charge is -2.29. The van der Waals surface area contributed by atoms with E-state index in [1.165, 1.54) is 0 Å². The monoisotopic (exact) mass is 305 g/mol. The Morgan fingerprint density at radius 2 is 1.81 bits per heavy atom. The number of nitrogens with one attached hydrogen (secondary N) is 1. The lowest BCUT2D eigenvalue weighted by molar-refractivity contribution is -0.141. The fourth-order valence-corrected chi connectivity index (χ4v) is 2.33. The Balaban J connectivity index is 2.65. The Bertz CT molecular complexity index is 429. The van der Waals surface area contributed by atoms with Crippen molar-refractivity contribution in [2.45, 2.75) is 58.1 Å². The van der Waals surface area contributed by atoms with Crippen molar-refractivity contribution in [3.8, 4) is 0 Å². The maximum Gasteiger partial charge on any atom is 0.408 e. The predicted octanol–water partition coefficient (Wildman–Crippen LogP) is 3.31. The van der Waals surface area contributed by atoms with E-state index in [9.17, 15) is 23.5 Å². The number of amides is 1. The van der Waals surface area contributed by atoms with Crippen molar-refractivity contribution in [3.05, 3.63) is 11.7 Å². The number of carboxylic acids is 1. The zero-order valence-corrected chi connectivity index (χ0v) is 12.4. The number of allylic oxidation sites excluding steroid dienone is 1. The number of halogens is 2. The standard InChI is InChI=1S/C14H21F2NO4/c1-14(2,3)21-13(20)17-10(12(18)19)8-4-6-9(7-5-8)11(15)16/h8,10H,4-7H2,1-3H3,(H,17,20)(H,18,19). The average molecular weight is 305 g/mol. The summed E-state index contributed by atoms with van der Waals surface area (Å²) in [5.74, 6) is -1.56. The Morgan fingerprint density at radius 1 is 1.29 bits per heavy atom. The molecule has 21 heavy (non-hydrogen) atoms. The summed E-state index contributed by atoms with van der Waals surface area (Å²) < 4.78 is 30.0. The average Bonchev–Trinajstić information content (AvgIpc) is 2.33. The molecule has 1 unspecified atom stereocenters. The number of carboxylic acid groups (broad SMARTS) is 1. The van der Waals surface area contributed by atoms with Crippen molar-refractivity contribution in [2.24, 2.45) is 5.92 Å². The molecule has 0 aromatic heterocycles. The van der Waals surface area contributed by atoms with E-state index in [2.05, 4.69) is 5.32 Å². The fourth-order valence-electron chi connectivity index (χ4n) is 2.33. The zero-order chi connectivity index (χ0) is 16.2. The van der Waals surface area contributed by atoms with E-state index in [4.69, 9.17) is 4.74 Å². The first-order chi connectivity index (χ1) is 9.60. The van der Waals surface area contributed by atoms with Crippen LogP contribution in [-0.4, -0.2) is 28.8 Å². The van der Waals surface area contributed by atoms with Crippen molar-refractivity contribution in [3.63, 3.8) is 0 Å². The van der Waals surface area contributed by atoms with Gasteiger partial charge in [0.15, 0.2) is 0 Å². The minimum atomic E-state index is -1.68. The molecule has 1 fully saturated rings. The summed E-state index contributed by atoms with van der Waals surface area (Å²) in [6.45, 7) is 5.01. The molecule has 0 aromatic rings. The van der Waals surface area contributed by atoms with Crippen molar-refractivity contribution in [2.75, 3.05) is 0 Å². The number of aliphatic carboxylic acids is 1. The summed E-state index contributed by atoms with van der Waals surface area (Å²) in [6, 6.07) is -1.12. The van der Waals surface area contributed by atoms with Crippen LogP contribution in [0.15, 0.2) is 11.7 Å². The summed E-state index contributed by atoms with van der Waals surface area (Å²) in [7, 11) is 0. The van der Waals surface area contributed by atoms with E-state index < -0.39 is 29.8 Å². The van der Waals surface area contributed by atoms with Crippen LogP contribution in [0, 0.1) is 5.92 Å². The Hall–Kier alpha value is -1.66. The van der Waals surface area contributed by atoms with Gasteiger partial charge in [-0.15, -0.1) is 0 Å². The van der Waals surface area contributed by atoms with E-state index in [-0.39, 0.29) is 24.3 Å². The van der Waals surface area contributed by atoms with Crippen LogP contribution in [0.25, 0.3) is 0 Å². The second-order valence-electron chi connectivity index (χ2n) is 6.16. The van der Waals surface area contributed by atoms with Gasteiger partial charge in [0, 0.05) is 0 Å². The molecular formula is C14H21F2NO4. The second-order valence-corrected chi connectivity index (χ2v) is 6.16. The molecule has 1 saturated carbocycles. The number of hydrogen-bond donors (Lipinski definition) is 2. The topological polar surface area (TPSA) is 75.6 Å². The zero-order valence-electron chi connectivity index (χ0n) is 12.4. The highest BCUT2D eigenvalue weighted by Crippen LogP contribution is 2.33. The van der Waals surface area contributed by atoms with Crippen LogP contribution in [0.5, 0.6) is 0 Å². The summed E-state index contributed by atoms with van der Waals surface area (Å²) in [5.41, 5.74) is -0.653. The minimum absolute atomic E-state index is 0.0765. The van der Waals surface area contributed by atoms with Crippen molar-refractivity contribution in [1.29, 1.82) is 0 Å². The van der Waals surface area contributed by atoms with Gasteiger partial charge in [-0.2, -0.15) is 8.78 Å². The van der Waals surface area contributed by atoms with Crippen LogP contribution in [0.3, 0.4) is 0 Å². The first-order valence-electron chi connectivity index (χ1n) is 6.85. The van der Waals surface area contributed by atoms with E-state index in [0.29, 0.717) is 12.8 Å². The molecule has 1 aliphatic carbocycles. The number of ether oxygens (including phenoxy) is 1. The molecule has 1 rings (SSSR count). The molecule has 2 N–H and O–H groups in total. The fraction of sp³-hybridized carbons (Fsp3) is 0.714. The van der Waals surface area contributed by atoms with Gasteiger partial charge in [-0.3, -0.25) is 0 Å². The maximum atomic E-state index is 12.5. The molecule has 0 bridgehead atoms. The van der Waals surface area contributed by atoms with Crippen LogP contribution in [0.1, 0.15) is 46.5 Å². The van der Waals surface area contributed by atoms with E-state index >= 15 is 0 Å². The van der Waals surface area contributed by atoms with Crippen LogP contribution >= 0.6 is 0 Å². The molecule has 0 heterocycles. The molecule has 5 nitrogen and oxygen atoms in total. The number of alkyl carbamates (subject to hydrolysis) is 1. The molecule has 7 heteroatoms. The van der Waals surface area contributed by atoms with Gasteiger partial charge < -0.3 is 15.2 Å². The molecule has 1 amide bonds. The molecule has 120 valence electrons. The molecule has 1 atom stereocenters. The smallest absolute Gasteiger partial charge is 0.408 e.